The molecule has 1 aliphatic heterocycles. The minimum atomic E-state index is -0.361. The number of hydrogen-bond donors (Lipinski definition) is 4. The van der Waals surface area contributed by atoms with Gasteiger partial charge in [-0.3, -0.25) is 10.1 Å². The predicted molar refractivity (Wildman–Crippen MR) is 89.4 cm³/mol. The van der Waals surface area contributed by atoms with Crippen LogP contribution in [0.15, 0.2) is 0 Å². The fourth-order valence-electron chi connectivity index (χ4n) is 4.73. The lowest BCUT2D eigenvalue weighted by molar-refractivity contribution is -0.127. The molecule has 24 heavy (non-hydrogen) atoms. The van der Waals surface area contributed by atoms with Crippen LogP contribution in [-0.4, -0.2) is 36.1 Å². The van der Waals surface area contributed by atoms with E-state index >= 15 is 0 Å². The van der Waals surface area contributed by atoms with Gasteiger partial charge in [-0.2, -0.15) is 0 Å². The average Bonchev–Trinajstić information content (AvgIpc) is 2.47. The molecule has 0 aromatic carbocycles. The van der Waals surface area contributed by atoms with Crippen molar-refractivity contribution in [3.8, 4) is 0 Å². The molecule has 3 fully saturated rings. The van der Waals surface area contributed by atoms with Gasteiger partial charge in [0.15, 0.2) is 0 Å². The van der Waals surface area contributed by atoms with Crippen LogP contribution in [0.4, 0.5) is 9.59 Å². The van der Waals surface area contributed by atoms with E-state index in [9.17, 15) is 14.4 Å². The quantitative estimate of drug-likeness (QED) is 0.589. The molecule has 2 aliphatic carbocycles. The van der Waals surface area contributed by atoms with Gasteiger partial charge >= 0.3 is 12.1 Å². The van der Waals surface area contributed by atoms with E-state index in [0.29, 0.717) is 6.42 Å². The second-order valence-corrected chi connectivity index (χ2v) is 7.84. The van der Waals surface area contributed by atoms with E-state index in [1.165, 1.54) is 0 Å². The molecule has 1 heterocycles. The highest BCUT2D eigenvalue weighted by Gasteiger charge is 2.57. The number of rotatable bonds is 4. The van der Waals surface area contributed by atoms with Crippen molar-refractivity contribution < 1.29 is 14.4 Å². The van der Waals surface area contributed by atoms with Crippen LogP contribution >= 0.6 is 0 Å². The number of unbranched alkanes of at least 4 members (excludes halogenated alkanes) is 1. The second kappa shape index (κ2) is 6.61. The van der Waals surface area contributed by atoms with E-state index in [-0.39, 0.29) is 35.0 Å². The third-order valence-electron chi connectivity index (χ3n) is 5.75. The summed E-state index contributed by atoms with van der Waals surface area (Å²) in [6, 6.07) is -0.191. The van der Waals surface area contributed by atoms with Gasteiger partial charge in [-0.25, -0.2) is 9.59 Å². The molecule has 134 valence electrons. The van der Waals surface area contributed by atoms with Crippen LogP contribution in [0, 0.1) is 5.41 Å². The zero-order valence-electron chi connectivity index (χ0n) is 14.4. The minimum Gasteiger partial charge on any atom is -0.338 e. The number of carbonyl (C=O) groups is 3. The highest BCUT2D eigenvalue weighted by atomic mass is 16.2. The molecule has 3 aliphatic rings. The third-order valence-corrected chi connectivity index (χ3v) is 5.75. The Kier molecular flexibility index (Phi) is 4.69. The molecular weight excluding hydrogens is 308 g/mol. The van der Waals surface area contributed by atoms with Gasteiger partial charge in [-0.05, 0) is 50.4 Å². The lowest BCUT2D eigenvalue weighted by Crippen LogP contribution is -2.69. The van der Waals surface area contributed by atoms with Gasteiger partial charge in [0.1, 0.15) is 0 Å². The number of urea groups is 2. The molecule has 1 saturated heterocycles. The predicted octanol–water partition coefficient (Wildman–Crippen LogP) is 1.78. The number of imide groups is 1. The molecule has 4 N–H and O–H groups in total. The zero-order valence-corrected chi connectivity index (χ0v) is 14.4. The Morgan fingerprint density at radius 1 is 1.25 bits per heavy atom. The maximum absolute atomic E-state index is 11.8. The van der Waals surface area contributed by atoms with Crippen LogP contribution in [0.3, 0.4) is 0 Å². The van der Waals surface area contributed by atoms with E-state index < -0.39 is 0 Å². The summed E-state index contributed by atoms with van der Waals surface area (Å²) in [6.07, 6.45) is 8.27. The standard InChI is InChI=1S/C17H28N4O3/c1-2-3-8-18-14(23)19-12-4-6-16(7-5-12)10-17(11-16)9-13(22)20-15(24)21-17/h12H,2-11H2,1H3,(H2,18,19,23)(H2,20,21,22,24). The van der Waals surface area contributed by atoms with Gasteiger partial charge in [-0.1, -0.05) is 13.3 Å². The maximum atomic E-state index is 11.8. The van der Waals surface area contributed by atoms with Crippen molar-refractivity contribution in [2.45, 2.75) is 76.3 Å². The molecule has 0 aromatic rings. The molecule has 2 spiro atoms. The topological polar surface area (TPSA) is 99.3 Å². The number of carbonyl (C=O) groups excluding carboxylic acids is 3. The fraction of sp³-hybridized carbons (Fsp3) is 0.824. The number of amides is 5. The maximum Gasteiger partial charge on any atom is 0.321 e. The molecule has 0 unspecified atom stereocenters. The van der Waals surface area contributed by atoms with Crippen LogP contribution < -0.4 is 21.3 Å². The molecule has 0 radical (unpaired) electrons. The van der Waals surface area contributed by atoms with Crippen molar-refractivity contribution in [1.29, 1.82) is 0 Å². The molecule has 5 amide bonds. The van der Waals surface area contributed by atoms with Crippen LogP contribution in [0.25, 0.3) is 0 Å². The van der Waals surface area contributed by atoms with Crippen LogP contribution in [0.1, 0.15) is 64.7 Å². The van der Waals surface area contributed by atoms with Gasteiger partial charge in [-0.15, -0.1) is 0 Å². The van der Waals surface area contributed by atoms with Gasteiger partial charge in [0.2, 0.25) is 5.91 Å². The molecular formula is C17H28N4O3. The van der Waals surface area contributed by atoms with Crippen LogP contribution in [0.2, 0.25) is 0 Å². The van der Waals surface area contributed by atoms with Gasteiger partial charge < -0.3 is 16.0 Å². The smallest absolute Gasteiger partial charge is 0.321 e. The first-order chi connectivity index (χ1) is 11.4. The molecule has 3 rings (SSSR count). The van der Waals surface area contributed by atoms with Crippen molar-refractivity contribution in [3.63, 3.8) is 0 Å². The van der Waals surface area contributed by atoms with E-state index in [4.69, 9.17) is 0 Å². The fourth-order valence-corrected chi connectivity index (χ4v) is 4.73. The Balaban J connectivity index is 1.42. The lowest BCUT2D eigenvalue weighted by Gasteiger charge is -2.59. The van der Waals surface area contributed by atoms with Crippen LogP contribution in [0.5, 0.6) is 0 Å². The summed E-state index contributed by atoms with van der Waals surface area (Å²) in [5.41, 5.74) is -0.0843. The highest BCUT2D eigenvalue weighted by Crippen LogP contribution is 2.58. The summed E-state index contributed by atoms with van der Waals surface area (Å²) in [5.74, 6) is -0.173. The summed E-state index contributed by atoms with van der Waals surface area (Å²) in [5, 5.41) is 11.2. The van der Waals surface area contributed by atoms with E-state index in [1.54, 1.807) is 0 Å². The van der Waals surface area contributed by atoms with E-state index in [2.05, 4.69) is 28.2 Å². The summed E-state index contributed by atoms with van der Waals surface area (Å²) in [7, 11) is 0. The molecule has 7 nitrogen and oxygen atoms in total. The van der Waals surface area contributed by atoms with E-state index in [1.807, 2.05) is 0 Å². The number of hydrogen-bond acceptors (Lipinski definition) is 3. The Labute approximate surface area is 142 Å². The Bertz CT molecular complexity index is 500. The second-order valence-electron chi connectivity index (χ2n) is 7.84. The molecule has 2 saturated carbocycles. The molecule has 0 bridgehead atoms. The van der Waals surface area contributed by atoms with Crippen molar-refractivity contribution in [3.05, 3.63) is 0 Å². The van der Waals surface area contributed by atoms with Gasteiger partial charge in [0.05, 0.1) is 12.0 Å². The Morgan fingerprint density at radius 2 is 1.96 bits per heavy atom. The summed E-state index contributed by atoms with van der Waals surface area (Å²) in [6.45, 7) is 2.83. The van der Waals surface area contributed by atoms with Crippen molar-refractivity contribution in [2.24, 2.45) is 5.41 Å². The summed E-state index contributed by atoms with van der Waals surface area (Å²) in [4.78, 5) is 35.0. The van der Waals surface area contributed by atoms with Gasteiger partial charge in [0.25, 0.3) is 0 Å². The SMILES string of the molecule is CCCCNC(=O)NC1CCC2(CC1)CC1(CC(=O)NC(=O)N1)C2. The number of nitrogens with one attached hydrogen (secondary N) is 4. The molecule has 0 aromatic heterocycles. The third kappa shape index (κ3) is 3.65. The monoisotopic (exact) mass is 336 g/mol. The van der Waals surface area contributed by atoms with Crippen molar-refractivity contribution in [2.75, 3.05) is 6.54 Å². The van der Waals surface area contributed by atoms with Crippen molar-refractivity contribution >= 4 is 18.0 Å². The normalized spacial score (nSPS) is 35.1. The first-order valence-electron chi connectivity index (χ1n) is 9.11. The molecule has 0 atom stereocenters. The zero-order chi connectivity index (χ0) is 17.2. The van der Waals surface area contributed by atoms with Crippen molar-refractivity contribution in [1.82, 2.24) is 21.3 Å². The Hall–Kier alpha value is -1.79. The largest absolute Gasteiger partial charge is 0.338 e. The van der Waals surface area contributed by atoms with E-state index in [0.717, 1.165) is 57.9 Å². The first-order valence-corrected chi connectivity index (χ1v) is 9.11. The summed E-state index contributed by atoms with van der Waals surface area (Å²) >= 11 is 0. The average molecular weight is 336 g/mol. The highest BCUT2D eigenvalue weighted by molar-refractivity contribution is 5.98. The lowest BCUT2D eigenvalue weighted by atomic mass is 9.50. The Morgan fingerprint density at radius 3 is 2.58 bits per heavy atom. The van der Waals surface area contributed by atoms with Crippen LogP contribution in [-0.2, 0) is 4.79 Å². The van der Waals surface area contributed by atoms with Gasteiger partial charge in [0, 0.05) is 12.6 Å². The molecule has 7 heteroatoms. The summed E-state index contributed by atoms with van der Waals surface area (Å²) < 4.78 is 0. The first kappa shape index (κ1) is 17.0. The minimum absolute atomic E-state index is 0.0642.